The Hall–Kier alpha value is -0.810. The average Bonchev–Trinajstić information content (AvgIpc) is 2.78. The van der Waals surface area contributed by atoms with Gasteiger partial charge in [0.1, 0.15) is 0 Å². The first-order valence-electron chi connectivity index (χ1n) is 5.18. The van der Waals surface area contributed by atoms with E-state index >= 15 is 0 Å². The van der Waals surface area contributed by atoms with E-state index in [4.69, 9.17) is 9.47 Å². The van der Waals surface area contributed by atoms with Gasteiger partial charge < -0.3 is 19.7 Å². The van der Waals surface area contributed by atoms with E-state index in [0.717, 1.165) is 45.5 Å². The molecule has 3 rings (SSSR count). The first-order chi connectivity index (χ1) is 6.93. The first kappa shape index (κ1) is 8.49. The van der Waals surface area contributed by atoms with Gasteiger partial charge in [0.2, 0.25) is 0 Å². The lowest BCUT2D eigenvalue weighted by molar-refractivity contribution is 0.0664. The van der Waals surface area contributed by atoms with Crippen molar-refractivity contribution in [2.75, 3.05) is 39.5 Å². The first-order valence-corrected chi connectivity index (χ1v) is 5.18. The van der Waals surface area contributed by atoms with Crippen molar-refractivity contribution in [2.24, 2.45) is 4.99 Å². The molecule has 14 heavy (non-hydrogen) atoms. The number of morpholine rings is 1. The summed E-state index contributed by atoms with van der Waals surface area (Å²) >= 11 is 0. The van der Waals surface area contributed by atoms with Crippen LogP contribution in [0, 0.1) is 0 Å². The molecule has 3 aliphatic heterocycles. The number of nitrogens with zero attached hydrogens (tertiary/aromatic N) is 2. The van der Waals surface area contributed by atoms with Crippen LogP contribution in [0.25, 0.3) is 0 Å². The van der Waals surface area contributed by atoms with E-state index in [9.17, 15) is 0 Å². The summed E-state index contributed by atoms with van der Waals surface area (Å²) < 4.78 is 10.6. The minimum atomic E-state index is 0.341. The van der Waals surface area contributed by atoms with Gasteiger partial charge in [0.15, 0.2) is 5.96 Å². The maximum absolute atomic E-state index is 5.33. The Morgan fingerprint density at radius 3 is 2.86 bits per heavy atom. The van der Waals surface area contributed by atoms with Gasteiger partial charge in [-0.05, 0) is 0 Å². The number of aliphatic imine (C=N–C) groups is 1. The van der Waals surface area contributed by atoms with Crippen molar-refractivity contribution in [3.63, 3.8) is 0 Å². The van der Waals surface area contributed by atoms with Crippen LogP contribution in [0.3, 0.4) is 0 Å². The summed E-state index contributed by atoms with van der Waals surface area (Å²) in [6, 6.07) is 0.751. The Kier molecular flexibility index (Phi) is 2.06. The highest BCUT2D eigenvalue weighted by atomic mass is 16.5. The second kappa shape index (κ2) is 3.40. The highest BCUT2D eigenvalue weighted by Gasteiger charge is 2.35. The second-order valence-corrected chi connectivity index (χ2v) is 3.91. The lowest BCUT2D eigenvalue weighted by Crippen LogP contribution is -2.48. The molecule has 0 unspecified atom stereocenters. The predicted molar refractivity (Wildman–Crippen MR) is 51.4 cm³/mol. The predicted octanol–water partition coefficient (Wildman–Crippen LogP) is -0.955. The van der Waals surface area contributed by atoms with Crippen LogP contribution in [-0.2, 0) is 9.47 Å². The SMILES string of the molecule is C1CN(C2=N[C@H]3COC[C@H]3N2)CCO1. The van der Waals surface area contributed by atoms with Crippen molar-refractivity contribution < 1.29 is 9.47 Å². The number of hydrogen-bond acceptors (Lipinski definition) is 5. The highest BCUT2D eigenvalue weighted by molar-refractivity contribution is 5.82. The van der Waals surface area contributed by atoms with Gasteiger partial charge in [-0.2, -0.15) is 0 Å². The third kappa shape index (κ3) is 1.36. The fraction of sp³-hybridized carbons (Fsp3) is 0.889. The standard InChI is InChI=1S/C9H15N3O2/c1-3-13-4-2-12(1)9-10-7-5-14-6-8(7)11-9/h7-8H,1-6H2,(H,10,11)/t7-,8+. The van der Waals surface area contributed by atoms with Crippen molar-refractivity contribution in [1.82, 2.24) is 10.2 Å². The van der Waals surface area contributed by atoms with Crippen molar-refractivity contribution in [3.8, 4) is 0 Å². The Labute approximate surface area is 83.1 Å². The van der Waals surface area contributed by atoms with Crippen molar-refractivity contribution in [3.05, 3.63) is 0 Å². The molecular formula is C9H15N3O2. The monoisotopic (exact) mass is 197 g/mol. The largest absolute Gasteiger partial charge is 0.378 e. The molecule has 0 aromatic heterocycles. The van der Waals surface area contributed by atoms with Gasteiger partial charge in [0.05, 0.1) is 38.5 Å². The van der Waals surface area contributed by atoms with E-state index < -0.39 is 0 Å². The van der Waals surface area contributed by atoms with Crippen LogP contribution in [0.1, 0.15) is 0 Å². The molecule has 0 aromatic carbocycles. The minimum Gasteiger partial charge on any atom is -0.378 e. The quantitative estimate of drug-likeness (QED) is 0.543. The Morgan fingerprint density at radius 2 is 2.07 bits per heavy atom. The molecule has 78 valence electrons. The molecule has 2 atom stereocenters. The minimum absolute atomic E-state index is 0.341. The fourth-order valence-electron chi connectivity index (χ4n) is 2.12. The lowest BCUT2D eigenvalue weighted by atomic mass is 10.2. The Balaban J connectivity index is 1.67. The zero-order chi connectivity index (χ0) is 9.38. The molecule has 0 aromatic rings. The zero-order valence-electron chi connectivity index (χ0n) is 8.11. The zero-order valence-corrected chi connectivity index (χ0v) is 8.11. The number of hydrogen-bond donors (Lipinski definition) is 1. The van der Waals surface area contributed by atoms with Crippen LogP contribution in [0.15, 0.2) is 4.99 Å². The molecule has 3 aliphatic rings. The number of guanidine groups is 1. The summed E-state index contributed by atoms with van der Waals surface area (Å²) in [5.74, 6) is 1.05. The van der Waals surface area contributed by atoms with E-state index in [2.05, 4.69) is 15.2 Å². The molecule has 3 heterocycles. The summed E-state index contributed by atoms with van der Waals surface area (Å²) in [4.78, 5) is 6.89. The molecule has 1 N–H and O–H groups in total. The molecule has 2 fully saturated rings. The van der Waals surface area contributed by atoms with Gasteiger partial charge in [-0.25, -0.2) is 4.99 Å². The number of rotatable bonds is 0. The van der Waals surface area contributed by atoms with Gasteiger partial charge in [0, 0.05) is 13.1 Å². The van der Waals surface area contributed by atoms with Gasteiger partial charge in [-0.1, -0.05) is 0 Å². The second-order valence-electron chi connectivity index (χ2n) is 3.91. The third-order valence-corrected chi connectivity index (χ3v) is 2.96. The summed E-state index contributed by atoms with van der Waals surface area (Å²) in [6.07, 6.45) is 0. The molecule has 0 spiro atoms. The molecule has 0 amide bonds. The van der Waals surface area contributed by atoms with Crippen molar-refractivity contribution in [1.29, 1.82) is 0 Å². The third-order valence-electron chi connectivity index (χ3n) is 2.96. The average molecular weight is 197 g/mol. The summed E-state index contributed by atoms with van der Waals surface area (Å²) in [7, 11) is 0. The van der Waals surface area contributed by atoms with Gasteiger partial charge in [-0.3, -0.25) is 0 Å². The van der Waals surface area contributed by atoms with E-state index in [1.165, 1.54) is 0 Å². The summed E-state index contributed by atoms with van der Waals surface area (Å²) in [6.45, 7) is 5.09. The molecule has 0 aliphatic carbocycles. The van der Waals surface area contributed by atoms with Crippen LogP contribution >= 0.6 is 0 Å². The molecule has 0 radical (unpaired) electrons. The van der Waals surface area contributed by atoms with Crippen LogP contribution in [0.2, 0.25) is 0 Å². The van der Waals surface area contributed by atoms with E-state index in [1.54, 1.807) is 0 Å². The Bertz CT molecular complexity index is 250. The molecule has 0 bridgehead atoms. The Morgan fingerprint density at radius 1 is 1.21 bits per heavy atom. The highest BCUT2D eigenvalue weighted by Crippen LogP contribution is 2.16. The topological polar surface area (TPSA) is 46.1 Å². The van der Waals surface area contributed by atoms with Crippen LogP contribution in [0.4, 0.5) is 0 Å². The van der Waals surface area contributed by atoms with Gasteiger partial charge in [-0.15, -0.1) is 0 Å². The molecular weight excluding hydrogens is 182 g/mol. The van der Waals surface area contributed by atoms with E-state index in [0.29, 0.717) is 12.1 Å². The molecule has 5 nitrogen and oxygen atoms in total. The smallest absolute Gasteiger partial charge is 0.194 e. The van der Waals surface area contributed by atoms with Gasteiger partial charge >= 0.3 is 0 Å². The molecule has 2 saturated heterocycles. The van der Waals surface area contributed by atoms with E-state index in [1.807, 2.05) is 0 Å². The van der Waals surface area contributed by atoms with Gasteiger partial charge in [0.25, 0.3) is 0 Å². The molecule has 5 heteroatoms. The summed E-state index contributed by atoms with van der Waals surface area (Å²) in [5, 5.41) is 3.42. The van der Waals surface area contributed by atoms with Crippen molar-refractivity contribution in [2.45, 2.75) is 12.1 Å². The maximum atomic E-state index is 5.33. The lowest BCUT2D eigenvalue weighted by Gasteiger charge is -2.28. The van der Waals surface area contributed by atoms with Crippen LogP contribution in [-0.4, -0.2) is 62.5 Å². The molecule has 0 saturated carbocycles. The van der Waals surface area contributed by atoms with Crippen LogP contribution < -0.4 is 5.32 Å². The van der Waals surface area contributed by atoms with Crippen molar-refractivity contribution >= 4 is 5.96 Å². The number of nitrogens with one attached hydrogen (secondary N) is 1. The van der Waals surface area contributed by atoms with E-state index in [-0.39, 0.29) is 0 Å². The summed E-state index contributed by atoms with van der Waals surface area (Å²) in [5.41, 5.74) is 0. The normalized spacial score (nSPS) is 36.6. The fourth-order valence-corrected chi connectivity index (χ4v) is 2.12. The number of fused-ring (bicyclic) bond motifs is 1. The maximum Gasteiger partial charge on any atom is 0.194 e. The van der Waals surface area contributed by atoms with Crippen LogP contribution in [0.5, 0.6) is 0 Å². The number of ether oxygens (including phenoxy) is 2.